The molecule has 0 unspecified atom stereocenters. The topological polar surface area (TPSA) is 108 Å². The van der Waals surface area contributed by atoms with Crippen LogP contribution in [-0.2, 0) is 16.1 Å². The number of esters is 1. The number of carbonyl (C=O) groups excluding carboxylic acids is 2. The Balaban J connectivity index is 1.32. The van der Waals surface area contributed by atoms with Gasteiger partial charge in [0.25, 0.3) is 11.5 Å². The number of aromatic nitrogens is 1. The van der Waals surface area contributed by atoms with Crippen molar-refractivity contribution in [3.8, 4) is 11.5 Å². The van der Waals surface area contributed by atoms with E-state index in [4.69, 9.17) is 19.2 Å². The highest BCUT2D eigenvalue weighted by Crippen LogP contribution is 2.33. The molecule has 12 heteroatoms. The van der Waals surface area contributed by atoms with Gasteiger partial charge in [-0.1, -0.05) is 53.8 Å². The number of ether oxygens (including phenoxy) is 3. The third-order valence-corrected chi connectivity index (χ3v) is 10.6. The van der Waals surface area contributed by atoms with E-state index in [-0.39, 0.29) is 17.4 Å². The van der Waals surface area contributed by atoms with Crippen molar-refractivity contribution in [2.45, 2.75) is 33.4 Å². The maximum Gasteiger partial charge on any atom is 0.338 e. The van der Waals surface area contributed by atoms with Crippen molar-refractivity contribution in [1.82, 2.24) is 4.57 Å². The maximum atomic E-state index is 14.2. The summed E-state index contributed by atoms with van der Waals surface area (Å²) in [5.41, 5.74) is 4.33. The van der Waals surface area contributed by atoms with Crippen molar-refractivity contribution in [2.24, 2.45) is 4.99 Å². The van der Waals surface area contributed by atoms with Crippen LogP contribution in [-0.4, -0.2) is 29.7 Å². The number of thiazole rings is 1. The highest BCUT2D eigenvalue weighted by molar-refractivity contribution is 14.1. The predicted octanol–water partition coefficient (Wildman–Crippen LogP) is 7.24. The maximum absolute atomic E-state index is 14.2. The van der Waals surface area contributed by atoms with Crippen molar-refractivity contribution >= 4 is 80.2 Å². The number of rotatable bonds is 11. The minimum Gasteiger partial charge on any atom is -0.494 e. The first-order chi connectivity index (χ1) is 24.7. The molecular formula is C39H33I2N3O6S. The molecule has 1 N–H and O–H groups in total. The molecule has 0 bridgehead atoms. The first kappa shape index (κ1) is 36.5. The number of carbonyl (C=O) groups is 2. The Morgan fingerprint density at radius 2 is 1.61 bits per heavy atom. The molecule has 1 atom stereocenters. The van der Waals surface area contributed by atoms with E-state index in [1.807, 2.05) is 91.9 Å². The second-order valence-corrected chi connectivity index (χ2v) is 14.8. The molecule has 0 saturated carbocycles. The minimum atomic E-state index is -0.704. The van der Waals surface area contributed by atoms with Gasteiger partial charge in [-0.2, -0.15) is 0 Å². The average Bonchev–Trinajstić information content (AvgIpc) is 3.42. The van der Waals surface area contributed by atoms with E-state index in [0.717, 1.165) is 29.6 Å². The number of para-hydroxylation sites is 1. The second-order valence-electron chi connectivity index (χ2n) is 11.4. The summed E-state index contributed by atoms with van der Waals surface area (Å²) in [6, 6.07) is 27.1. The number of fused-ring (bicyclic) bond motifs is 1. The largest absolute Gasteiger partial charge is 0.494 e. The summed E-state index contributed by atoms with van der Waals surface area (Å²) in [5, 5.41) is 2.99. The predicted molar refractivity (Wildman–Crippen MR) is 215 cm³/mol. The quantitative estimate of drug-likeness (QED) is 0.111. The molecule has 4 aromatic carbocycles. The van der Waals surface area contributed by atoms with E-state index in [1.54, 1.807) is 30.5 Å². The van der Waals surface area contributed by atoms with Crippen molar-refractivity contribution in [3.63, 3.8) is 0 Å². The van der Waals surface area contributed by atoms with Crippen LogP contribution >= 0.6 is 56.5 Å². The Kier molecular flexibility index (Phi) is 11.7. The zero-order chi connectivity index (χ0) is 36.1. The van der Waals surface area contributed by atoms with E-state index in [0.29, 0.717) is 57.4 Å². The van der Waals surface area contributed by atoms with Crippen LogP contribution in [0, 0.1) is 7.14 Å². The summed E-state index contributed by atoms with van der Waals surface area (Å²) in [4.78, 5) is 45.4. The van der Waals surface area contributed by atoms with Crippen molar-refractivity contribution < 1.29 is 23.8 Å². The highest BCUT2D eigenvalue weighted by Gasteiger charge is 2.32. The molecule has 1 aliphatic rings. The van der Waals surface area contributed by atoms with E-state index < -0.39 is 6.04 Å². The molecule has 51 heavy (non-hydrogen) atoms. The van der Waals surface area contributed by atoms with Gasteiger partial charge in [0.15, 0.2) is 4.80 Å². The van der Waals surface area contributed by atoms with Crippen LogP contribution in [0.5, 0.6) is 11.5 Å². The van der Waals surface area contributed by atoms with E-state index in [1.165, 1.54) is 11.3 Å². The molecule has 9 nitrogen and oxygen atoms in total. The fourth-order valence-corrected chi connectivity index (χ4v) is 8.79. The fourth-order valence-electron chi connectivity index (χ4n) is 5.62. The highest BCUT2D eigenvalue weighted by atomic mass is 127. The minimum absolute atomic E-state index is 0.244. The van der Waals surface area contributed by atoms with Crippen molar-refractivity contribution in [3.05, 3.63) is 151 Å². The van der Waals surface area contributed by atoms with Gasteiger partial charge in [-0.3, -0.25) is 14.2 Å². The van der Waals surface area contributed by atoms with Crippen LogP contribution in [0.1, 0.15) is 53.9 Å². The van der Waals surface area contributed by atoms with Gasteiger partial charge < -0.3 is 19.5 Å². The number of amides is 1. The van der Waals surface area contributed by atoms with Gasteiger partial charge in [-0.05, 0) is 137 Å². The van der Waals surface area contributed by atoms with Gasteiger partial charge in [-0.15, -0.1) is 0 Å². The molecule has 1 amide bonds. The number of benzene rings is 4. The monoisotopic (exact) mass is 925 g/mol. The average molecular weight is 926 g/mol. The van der Waals surface area contributed by atoms with Crippen LogP contribution in [0.2, 0.25) is 0 Å². The van der Waals surface area contributed by atoms with E-state index >= 15 is 0 Å². The molecule has 5 aromatic rings. The van der Waals surface area contributed by atoms with Crippen LogP contribution in [0.4, 0.5) is 5.69 Å². The smallest absolute Gasteiger partial charge is 0.338 e. The Bertz CT molecular complexity index is 2280. The molecule has 1 aliphatic heterocycles. The molecule has 0 radical (unpaired) electrons. The molecular weight excluding hydrogens is 892 g/mol. The number of hydrogen-bond donors (Lipinski definition) is 1. The molecule has 0 fully saturated rings. The van der Waals surface area contributed by atoms with Crippen LogP contribution in [0.3, 0.4) is 0 Å². The first-order valence-corrected chi connectivity index (χ1v) is 19.1. The fraction of sp³-hybridized carbons (Fsp3) is 0.179. The first-order valence-electron chi connectivity index (χ1n) is 16.2. The number of anilines is 1. The Morgan fingerprint density at radius 1 is 0.922 bits per heavy atom. The van der Waals surface area contributed by atoms with Crippen molar-refractivity contribution in [1.29, 1.82) is 0 Å². The van der Waals surface area contributed by atoms with Gasteiger partial charge in [-0.25, -0.2) is 9.79 Å². The molecule has 1 aromatic heterocycles. The summed E-state index contributed by atoms with van der Waals surface area (Å²) in [7, 11) is 0. The van der Waals surface area contributed by atoms with Gasteiger partial charge in [0.1, 0.15) is 18.1 Å². The number of allylic oxidation sites excluding steroid dienone is 1. The summed E-state index contributed by atoms with van der Waals surface area (Å²) < 4.78 is 20.8. The summed E-state index contributed by atoms with van der Waals surface area (Å²) in [5.74, 6) is 0.746. The van der Waals surface area contributed by atoms with Gasteiger partial charge in [0.05, 0.1) is 47.8 Å². The Morgan fingerprint density at radius 3 is 2.25 bits per heavy atom. The molecule has 0 spiro atoms. The molecule has 6 rings (SSSR count). The third kappa shape index (κ3) is 8.28. The van der Waals surface area contributed by atoms with E-state index in [9.17, 15) is 14.4 Å². The van der Waals surface area contributed by atoms with Crippen molar-refractivity contribution in [2.75, 3.05) is 18.5 Å². The number of hydrogen-bond acceptors (Lipinski definition) is 8. The normalized spacial score (nSPS) is 14.1. The zero-order valence-corrected chi connectivity index (χ0v) is 33.1. The summed E-state index contributed by atoms with van der Waals surface area (Å²) in [6.45, 7) is 6.66. The molecule has 0 saturated heterocycles. The SMILES string of the molecule is CCOC(=O)c1ccc(COc2c(I)cc(/C=c3\sc4n(c3=O)[C@H](c3ccc(OCC)cc3)C(C(=O)Nc3ccccc3)=C(C)N=4)cc2I)cc1. The summed E-state index contributed by atoms with van der Waals surface area (Å²) in [6.07, 6.45) is 1.85. The molecule has 2 heterocycles. The lowest BCUT2D eigenvalue weighted by molar-refractivity contribution is -0.113. The van der Waals surface area contributed by atoms with Crippen LogP contribution in [0.25, 0.3) is 6.08 Å². The van der Waals surface area contributed by atoms with Gasteiger partial charge in [0, 0.05) is 5.69 Å². The lowest BCUT2D eigenvalue weighted by Gasteiger charge is -2.25. The van der Waals surface area contributed by atoms with Crippen LogP contribution < -0.4 is 29.7 Å². The van der Waals surface area contributed by atoms with E-state index in [2.05, 4.69) is 50.5 Å². The standard InChI is InChI=1S/C39H33I2N3O6S/c1-4-48-29-17-15-26(16-18-29)34-33(36(45)43-28-9-7-6-8-10-28)23(3)42-39-44(34)37(46)32(51-39)21-25-19-30(40)35(31(41)20-25)50-22-24-11-13-27(14-12-24)38(47)49-5-2/h6-21,34H,4-5,22H2,1-3H3,(H,43,45)/b32-21-/t34-/m1/s1. The van der Waals surface area contributed by atoms with Crippen LogP contribution in [0.15, 0.2) is 112 Å². The zero-order valence-electron chi connectivity index (χ0n) is 27.9. The lowest BCUT2D eigenvalue weighted by Crippen LogP contribution is -2.40. The number of nitrogens with one attached hydrogen (secondary N) is 1. The lowest BCUT2D eigenvalue weighted by atomic mass is 9.95. The molecule has 260 valence electrons. The van der Waals surface area contributed by atoms with Gasteiger partial charge >= 0.3 is 5.97 Å². The van der Waals surface area contributed by atoms with Gasteiger partial charge in [0.2, 0.25) is 0 Å². The number of halogens is 2. The third-order valence-electron chi connectivity index (χ3n) is 7.97. The Labute approximate surface area is 326 Å². The second kappa shape index (κ2) is 16.4. The number of nitrogens with zero attached hydrogens (tertiary/aromatic N) is 2. The Hall–Kier alpha value is -4.28. The molecule has 0 aliphatic carbocycles. The summed E-state index contributed by atoms with van der Waals surface area (Å²) >= 11 is 5.76.